The van der Waals surface area contributed by atoms with Crippen LogP contribution in [-0.4, -0.2) is 59.5 Å². The Hall–Kier alpha value is -2.28. The van der Waals surface area contributed by atoms with Crippen LogP contribution in [0, 0.1) is 0 Å². The quantitative estimate of drug-likeness (QED) is 0.821. The van der Waals surface area contributed by atoms with Gasteiger partial charge in [-0.3, -0.25) is 9.59 Å². The molecule has 1 rings (SSSR count). The van der Waals surface area contributed by atoms with Crippen molar-refractivity contribution < 1.29 is 19.5 Å². The van der Waals surface area contributed by atoms with Crippen LogP contribution in [0.3, 0.4) is 0 Å². The van der Waals surface area contributed by atoms with Crippen LogP contribution in [0.5, 0.6) is 0 Å². The number of carboxylic acids is 1. The summed E-state index contributed by atoms with van der Waals surface area (Å²) in [6.45, 7) is 3.86. The molecule has 1 aromatic carbocycles. The van der Waals surface area contributed by atoms with Gasteiger partial charge >= 0.3 is 12.0 Å². The number of aliphatic carboxylic acids is 1. The standard InChI is InChI=1S/C16H22ClN3O4/c1-10(2)20(4)15(23)11-5-6-12(17)13(9-11)18-16(24)19(3)8-7-14(21)22/h5-6,9-10H,7-8H2,1-4H3,(H,18,24)(H,21,22). The lowest BCUT2D eigenvalue weighted by Gasteiger charge is -2.22. The van der Waals surface area contributed by atoms with E-state index in [9.17, 15) is 14.4 Å². The third-order valence-electron chi connectivity index (χ3n) is 3.56. The third kappa shape index (κ3) is 5.42. The molecule has 0 fully saturated rings. The lowest BCUT2D eigenvalue weighted by atomic mass is 10.1. The summed E-state index contributed by atoms with van der Waals surface area (Å²) in [5, 5.41) is 11.5. The highest BCUT2D eigenvalue weighted by atomic mass is 35.5. The average molecular weight is 356 g/mol. The van der Waals surface area contributed by atoms with Crippen LogP contribution in [0.25, 0.3) is 0 Å². The number of urea groups is 1. The summed E-state index contributed by atoms with van der Waals surface area (Å²) < 4.78 is 0. The summed E-state index contributed by atoms with van der Waals surface area (Å²) in [6.07, 6.45) is -0.157. The van der Waals surface area contributed by atoms with Crippen molar-refractivity contribution in [2.45, 2.75) is 26.3 Å². The Morgan fingerprint density at radius 1 is 1.25 bits per heavy atom. The van der Waals surface area contributed by atoms with Crippen molar-refractivity contribution in [2.24, 2.45) is 0 Å². The molecule has 0 heterocycles. The number of rotatable bonds is 6. The fraction of sp³-hybridized carbons (Fsp3) is 0.438. The van der Waals surface area contributed by atoms with Gasteiger partial charge in [0.15, 0.2) is 0 Å². The predicted molar refractivity (Wildman–Crippen MR) is 92.6 cm³/mol. The van der Waals surface area contributed by atoms with Gasteiger partial charge in [-0.2, -0.15) is 0 Å². The molecule has 0 bridgehead atoms. The zero-order valence-corrected chi connectivity index (χ0v) is 14.9. The zero-order valence-electron chi connectivity index (χ0n) is 14.2. The molecule has 0 spiro atoms. The van der Waals surface area contributed by atoms with E-state index >= 15 is 0 Å². The number of carboxylic acid groups (broad SMARTS) is 1. The number of hydrogen-bond acceptors (Lipinski definition) is 3. The minimum atomic E-state index is -0.989. The first-order chi connectivity index (χ1) is 11.1. The summed E-state index contributed by atoms with van der Waals surface area (Å²) in [7, 11) is 3.17. The van der Waals surface area contributed by atoms with Crippen molar-refractivity contribution in [1.29, 1.82) is 0 Å². The molecular weight excluding hydrogens is 334 g/mol. The van der Waals surface area contributed by atoms with Crippen LogP contribution in [0.2, 0.25) is 5.02 Å². The molecule has 0 aromatic heterocycles. The van der Waals surface area contributed by atoms with E-state index in [2.05, 4.69) is 5.32 Å². The molecule has 0 aliphatic heterocycles. The summed E-state index contributed by atoms with van der Waals surface area (Å²) in [6, 6.07) is 4.17. The highest BCUT2D eigenvalue weighted by molar-refractivity contribution is 6.33. The lowest BCUT2D eigenvalue weighted by Crippen LogP contribution is -2.34. The summed E-state index contributed by atoms with van der Waals surface area (Å²) in [5.41, 5.74) is 0.700. The molecule has 8 heteroatoms. The van der Waals surface area contributed by atoms with Crippen LogP contribution in [-0.2, 0) is 4.79 Å². The number of carbonyl (C=O) groups is 3. The Morgan fingerprint density at radius 3 is 2.42 bits per heavy atom. The Bertz CT molecular complexity index is 634. The topological polar surface area (TPSA) is 90.0 Å². The van der Waals surface area contributed by atoms with Crippen molar-refractivity contribution in [3.63, 3.8) is 0 Å². The summed E-state index contributed by atoms with van der Waals surface area (Å²) >= 11 is 6.07. The highest BCUT2D eigenvalue weighted by Gasteiger charge is 2.17. The van der Waals surface area contributed by atoms with Crippen molar-refractivity contribution in [1.82, 2.24) is 9.80 Å². The molecule has 0 atom stereocenters. The number of halogens is 1. The van der Waals surface area contributed by atoms with E-state index in [1.165, 1.54) is 24.1 Å². The molecule has 0 aliphatic carbocycles. The Balaban J connectivity index is 2.88. The molecule has 2 N–H and O–H groups in total. The van der Waals surface area contributed by atoms with Gasteiger partial charge in [0, 0.05) is 32.2 Å². The average Bonchev–Trinajstić information content (AvgIpc) is 2.52. The van der Waals surface area contributed by atoms with Crippen molar-refractivity contribution >= 4 is 35.2 Å². The van der Waals surface area contributed by atoms with E-state index in [0.717, 1.165) is 0 Å². The molecule has 0 saturated heterocycles. The Kier molecular flexibility index (Phi) is 7.03. The monoisotopic (exact) mass is 355 g/mol. The second kappa shape index (κ2) is 8.54. The van der Waals surface area contributed by atoms with E-state index in [-0.39, 0.29) is 24.9 Å². The largest absolute Gasteiger partial charge is 0.481 e. The van der Waals surface area contributed by atoms with Crippen LogP contribution >= 0.6 is 11.6 Å². The molecular formula is C16H22ClN3O4. The van der Waals surface area contributed by atoms with Gasteiger partial charge in [-0.25, -0.2) is 4.79 Å². The van der Waals surface area contributed by atoms with E-state index in [1.54, 1.807) is 18.0 Å². The Morgan fingerprint density at radius 2 is 1.88 bits per heavy atom. The smallest absolute Gasteiger partial charge is 0.321 e. The van der Waals surface area contributed by atoms with Gasteiger partial charge in [-0.05, 0) is 32.0 Å². The molecule has 3 amide bonds. The van der Waals surface area contributed by atoms with Crippen molar-refractivity contribution in [3.8, 4) is 0 Å². The normalized spacial score (nSPS) is 10.4. The van der Waals surface area contributed by atoms with Gasteiger partial charge in [0.25, 0.3) is 5.91 Å². The second-order valence-corrected chi connectivity index (χ2v) is 6.11. The maximum Gasteiger partial charge on any atom is 0.321 e. The van der Waals surface area contributed by atoms with E-state index in [1.807, 2.05) is 13.8 Å². The van der Waals surface area contributed by atoms with Crippen LogP contribution in [0.15, 0.2) is 18.2 Å². The number of nitrogens with one attached hydrogen (secondary N) is 1. The molecule has 24 heavy (non-hydrogen) atoms. The zero-order chi connectivity index (χ0) is 18.4. The van der Waals surface area contributed by atoms with Crippen LogP contribution < -0.4 is 5.32 Å². The molecule has 0 radical (unpaired) electrons. The molecule has 0 aliphatic rings. The van der Waals surface area contributed by atoms with Gasteiger partial charge < -0.3 is 20.2 Å². The van der Waals surface area contributed by atoms with Crippen molar-refractivity contribution in [2.75, 3.05) is 26.0 Å². The maximum absolute atomic E-state index is 12.3. The van der Waals surface area contributed by atoms with Gasteiger partial charge in [-0.15, -0.1) is 0 Å². The van der Waals surface area contributed by atoms with E-state index in [4.69, 9.17) is 16.7 Å². The minimum absolute atomic E-state index is 0.0355. The lowest BCUT2D eigenvalue weighted by molar-refractivity contribution is -0.137. The first kappa shape index (κ1) is 19.8. The molecule has 7 nitrogen and oxygen atoms in total. The number of anilines is 1. The Labute approximate surface area is 146 Å². The number of amides is 3. The molecule has 0 unspecified atom stereocenters. The molecule has 132 valence electrons. The van der Waals surface area contributed by atoms with Gasteiger partial charge in [0.05, 0.1) is 17.1 Å². The van der Waals surface area contributed by atoms with Crippen LogP contribution in [0.1, 0.15) is 30.6 Å². The van der Waals surface area contributed by atoms with E-state index < -0.39 is 12.0 Å². The molecule has 0 saturated carbocycles. The SMILES string of the molecule is CC(C)N(C)C(=O)c1ccc(Cl)c(NC(=O)N(C)CCC(=O)O)c1. The van der Waals surface area contributed by atoms with E-state index in [0.29, 0.717) is 16.3 Å². The van der Waals surface area contributed by atoms with Crippen molar-refractivity contribution in [3.05, 3.63) is 28.8 Å². The summed E-state index contributed by atoms with van der Waals surface area (Å²) in [5.74, 6) is -1.17. The summed E-state index contributed by atoms with van der Waals surface area (Å²) in [4.78, 5) is 37.8. The van der Waals surface area contributed by atoms with Gasteiger partial charge in [-0.1, -0.05) is 11.6 Å². The number of carbonyl (C=O) groups excluding carboxylic acids is 2. The highest BCUT2D eigenvalue weighted by Crippen LogP contribution is 2.24. The fourth-order valence-corrected chi connectivity index (χ4v) is 1.93. The number of nitrogens with zero attached hydrogens (tertiary/aromatic N) is 2. The number of benzene rings is 1. The molecule has 1 aromatic rings. The fourth-order valence-electron chi connectivity index (χ4n) is 1.77. The maximum atomic E-state index is 12.3. The first-order valence-corrected chi connectivity index (χ1v) is 7.82. The minimum Gasteiger partial charge on any atom is -0.481 e. The van der Waals surface area contributed by atoms with Gasteiger partial charge in [0.2, 0.25) is 0 Å². The third-order valence-corrected chi connectivity index (χ3v) is 3.89. The van der Waals surface area contributed by atoms with Gasteiger partial charge in [0.1, 0.15) is 0 Å². The van der Waals surface area contributed by atoms with Crippen LogP contribution in [0.4, 0.5) is 10.5 Å². The predicted octanol–water partition coefficient (Wildman–Crippen LogP) is 2.76. The number of hydrogen-bond donors (Lipinski definition) is 2. The second-order valence-electron chi connectivity index (χ2n) is 5.70. The first-order valence-electron chi connectivity index (χ1n) is 7.44.